The first-order chi connectivity index (χ1) is 12.5. The van der Waals surface area contributed by atoms with Gasteiger partial charge in [0.05, 0.1) is 18.8 Å². The number of benzene rings is 1. The highest BCUT2D eigenvalue weighted by Crippen LogP contribution is 2.28. The second-order valence-corrected chi connectivity index (χ2v) is 7.14. The Morgan fingerprint density at radius 1 is 1.31 bits per heavy atom. The zero-order valence-electron chi connectivity index (χ0n) is 14.4. The number of halogens is 1. The number of carbonyl (C=O) groups is 2. The molecular formula is C19H19ClN2O4. The number of rotatable bonds is 4. The van der Waals surface area contributed by atoms with Gasteiger partial charge in [-0.15, -0.1) is 0 Å². The molecular weight excluding hydrogens is 356 g/mol. The van der Waals surface area contributed by atoms with Crippen molar-refractivity contribution < 1.29 is 18.7 Å². The molecule has 7 heteroatoms. The number of furan rings is 1. The van der Waals surface area contributed by atoms with Crippen LogP contribution in [0, 0.1) is 6.92 Å². The third kappa shape index (κ3) is 3.05. The molecule has 4 rings (SSSR count). The van der Waals surface area contributed by atoms with Crippen molar-refractivity contribution in [1.29, 1.82) is 0 Å². The van der Waals surface area contributed by atoms with Crippen molar-refractivity contribution in [1.82, 2.24) is 9.80 Å². The van der Waals surface area contributed by atoms with Crippen LogP contribution in [0.4, 0.5) is 4.79 Å². The van der Waals surface area contributed by atoms with E-state index in [0.717, 1.165) is 11.1 Å². The molecule has 2 aliphatic rings. The van der Waals surface area contributed by atoms with Crippen LogP contribution in [0.5, 0.6) is 0 Å². The maximum atomic E-state index is 12.6. The summed E-state index contributed by atoms with van der Waals surface area (Å²) in [4.78, 5) is 28.2. The smallest absolute Gasteiger partial charge is 0.410 e. The van der Waals surface area contributed by atoms with Gasteiger partial charge in [0.2, 0.25) is 0 Å². The first-order valence-corrected chi connectivity index (χ1v) is 8.96. The predicted octanol–water partition coefficient (Wildman–Crippen LogP) is 3.13. The largest absolute Gasteiger partial charge is 0.459 e. The number of nitrogens with zero attached hydrogens (tertiary/aromatic N) is 2. The number of fused-ring (bicyclic) bond motifs is 1. The van der Waals surface area contributed by atoms with Crippen LogP contribution in [0.1, 0.15) is 21.7 Å². The standard InChI is InChI=1S/C19H19ClN2O4/c1-12-6-8-25-17(12)18(23)21-10-15-16(11-21)26-19(24)22(15)7-5-13-3-2-4-14(20)9-13/h2-4,6,8-9,15-16H,5,7,10-11H2,1H3/t15-,16+/m0/s1. The first-order valence-electron chi connectivity index (χ1n) is 8.58. The predicted molar refractivity (Wildman–Crippen MR) is 95.3 cm³/mol. The van der Waals surface area contributed by atoms with Gasteiger partial charge in [-0.3, -0.25) is 9.69 Å². The van der Waals surface area contributed by atoms with Gasteiger partial charge in [-0.25, -0.2) is 4.79 Å². The van der Waals surface area contributed by atoms with Crippen molar-refractivity contribution in [2.75, 3.05) is 19.6 Å². The van der Waals surface area contributed by atoms with E-state index in [9.17, 15) is 9.59 Å². The van der Waals surface area contributed by atoms with Gasteiger partial charge >= 0.3 is 6.09 Å². The SMILES string of the molecule is Cc1ccoc1C(=O)N1C[C@H]2OC(=O)N(CCc3cccc(Cl)c3)[C@H]2C1. The average Bonchev–Trinajstić information content (AvgIpc) is 3.27. The lowest BCUT2D eigenvalue weighted by molar-refractivity contribution is 0.0698. The molecule has 136 valence electrons. The third-order valence-electron chi connectivity index (χ3n) is 5.00. The molecule has 0 radical (unpaired) electrons. The molecule has 0 aliphatic carbocycles. The normalized spacial score (nSPS) is 21.8. The molecule has 0 bridgehead atoms. The van der Waals surface area contributed by atoms with Crippen LogP contribution in [0.3, 0.4) is 0 Å². The van der Waals surface area contributed by atoms with Gasteiger partial charge in [-0.05, 0) is 37.1 Å². The fourth-order valence-electron chi connectivity index (χ4n) is 3.60. The van der Waals surface area contributed by atoms with Gasteiger partial charge in [-0.1, -0.05) is 23.7 Å². The molecule has 3 heterocycles. The molecule has 1 aromatic carbocycles. The Hall–Kier alpha value is -2.47. The Kier molecular flexibility index (Phi) is 4.36. The Balaban J connectivity index is 1.43. The maximum Gasteiger partial charge on any atom is 0.410 e. The lowest BCUT2D eigenvalue weighted by atomic mass is 10.1. The molecule has 2 fully saturated rings. The Morgan fingerprint density at radius 3 is 2.88 bits per heavy atom. The first kappa shape index (κ1) is 17.0. The molecule has 2 aliphatic heterocycles. The van der Waals surface area contributed by atoms with Crippen LogP contribution in [-0.2, 0) is 11.2 Å². The van der Waals surface area contributed by atoms with Gasteiger partial charge in [0, 0.05) is 23.7 Å². The number of likely N-dealkylation sites (tertiary alicyclic amines) is 1. The number of carbonyl (C=O) groups excluding carboxylic acids is 2. The van der Waals surface area contributed by atoms with Gasteiger partial charge in [-0.2, -0.15) is 0 Å². The van der Waals surface area contributed by atoms with E-state index in [1.165, 1.54) is 6.26 Å². The quantitative estimate of drug-likeness (QED) is 0.824. The summed E-state index contributed by atoms with van der Waals surface area (Å²) in [5.41, 5.74) is 1.87. The molecule has 0 spiro atoms. The Morgan fingerprint density at radius 2 is 2.15 bits per heavy atom. The second-order valence-electron chi connectivity index (χ2n) is 6.71. The van der Waals surface area contributed by atoms with Crippen molar-refractivity contribution in [3.8, 4) is 0 Å². The minimum Gasteiger partial charge on any atom is -0.459 e. The zero-order chi connectivity index (χ0) is 18.3. The van der Waals surface area contributed by atoms with Crippen LogP contribution in [0.25, 0.3) is 0 Å². The summed E-state index contributed by atoms with van der Waals surface area (Å²) in [6, 6.07) is 9.23. The van der Waals surface area contributed by atoms with Gasteiger partial charge in [0.15, 0.2) is 5.76 Å². The fraction of sp³-hybridized carbons (Fsp3) is 0.368. The van der Waals surface area contributed by atoms with E-state index in [-0.39, 0.29) is 24.1 Å². The van der Waals surface area contributed by atoms with Gasteiger partial charge in [0.1, 0.15) is 6.10 Å². The highest BCUT2D eigenvalue weighted by molar-refractivity contribution is 6.30. The molecule has 0 saturated carbocycles. The number of hydrogen-bond donors (Lipinski definition) is 0. The molecule has 2 aromatic rings. The number of aryl methyl sites for hydroxylation is 1. The van der Waals surface area contributed by atoms with Crippen LogP contribution in [0.2, 0.25) is 5.02 Å². The number of hydrogen-bond acceptors (Lipinski definition) is 4. The molecule has 26 heavy (non-hydrogen) atoms. The van der Waals surface area contributed by atoms with E-state index in [0.29, 0.717) is 36.8 Å². The van der Waals surface area contributed by atoms with Crippen LogP contribution in [0.15, 0.2) is 41.0 Å². The van der Waals surface area contributed by atoms with E-state index in [2.05, 4.69) is 0 Å². The minimum absolute atomic E-state index is 0.124. The van der Waals surface area contributed by atoms with E-state index >= 15 is 0 Å². The Labute approximate surface area is 156 Å². The van der Waals surface area contributed by atoms with Crippen LogP contribution < -0.4 is 0 Å². The monoisotopic (exact) mass is 374 g/mol. The zero-order valence-corrected chi connectivity index (χ0v) is 15.1. The summed E-state index contributed by atoms with van der Waals surface area (Å²) in [6.45, 7) is 3.21. The summed E-state index contributed by atoms with van der Waals surface area (Å²) in [7, 11) is 0. The molecule has 1 aromatic heterocycles. The Bertz CT molecular complexity index is 850. The molecule has 2 amide bonds. The number of ether oxygens (including phenoxy) is 1. The highest BCUT2D eigenvalue weighted by Gasteiger charge is 2.49. The van der Waals surface area contributed by atoms with Crippen LogP contribution in [-0.4, -0.2) is 53.6 Å². The summed E-state index contributed by atoms with van der Waals surface area (Å²) in [5, 5.41) is 0.677. The van der Waals surface area contributed by atoms with Gasteiger partial charge in [0.25, 0.3) is 5.91 Å². The molecule has 2 atom stereocenters. The summed E-state index contributed by atoms with van der Waals surface area (Å²) >= 11 is 6.02. The van der Waals surface area contributed by atoms with E-state index in [4.69, 9.17) is 20.8 Å². The van der Waals surface area contributed by atoms with E-state index in [1.54, 1.807) is 15.9 Å². The summed E-state index contributed by atoms with van der Waals surface area (Å²) < 4.78 is 10.8. The minimum atomic E-state index is -0.316. The van der Waals surface area contributed by atoms with Gasteiger partial charge < -0.3 is 14.1 Å². The van der Waals surface area contributed by atoms with Crippen LogP contribution >= 0.6 is 11.6 Å². The lowest BCUT2D eigenvalue weighted by Crippen LogP contribution is -2.40. The average molecular weight is 375 g/mol. The molecule has 0 N–H and O–H groups in total. The van der Waals surface area contributed by atoms with Crippen molar-refractivity contribution in [2.24, 2.45) is 0 Å². The number of amides is 2. The van der Waals surface area contributed by atoms with Crippen molar-refractivity contribution >= 4 is 23.6 Å². The topological polar surface area (TPSA) is 63.0 Å². The fourth-order valence-corrected chi connectivity index (χ4v) is 3.82. The third-order valence-corrected chi connectivity index (χ3v) is 5.23. The highest BCUT2D eigenvalue weighted by atomic mass is 35.5. The second kappa shape index (κ2) is 6.68. The maximum absolute atomic E-state index is 12.6. The van der Waals surface area contributed by atoms with E-state index < -0.39 is 0 Å². The summed E-state index contributed by atoms with van der Waals surface area (Å²) in [5.74, 6) is 0.189. The molecule has 2 saturated heterocycles. The molecule has 6 nitrogen and oxygen atoms in total. The lowest BCUT2D eigenvalue weighted by Gasteiger charge is -2.22. The van der Waals surface area contributed by atoms with Crippen molar-refractivity contribution in [3.63, 3.8) is 0 Å². The van der Waals surface area contributed by atoms with Crippen molar-refractivity contribution in [2.45, 2.75) is 25.5 Å². The summed E-state index contributed by atoms with van der Waals surface area (Å²) in [6.07, 6.45) is 1.59. The van der Waals surface area contributed by atoms with Crippen molar-refractivity contribution in [3.05, 3.63) is 58.5 Å². The molecule has 0 unspecified atom stereocenters. The van der Waals surface area contributed by atoms with E-state index in [1.807, 2.05) is 31.2 Å².